The third-order valence-corrected chi connectivity index (χ3v) is 14.2. The van der Waals surface area contributed by atoms with Crippen LogP contribution in [0.3, 0.4) is 0 Å². The van der Waals surface area contributed by atoms with Crippen LogP contribution in [0.25, 0.3) is 10.8 Å². The molecule has 2 aliphatic heterocycles. The van der Waals surface area contributed by atoms with Gasteiger partial charge in [-0.15, -0.1) is 0 Å². The third-order valence-electron chi connectivity index (χ3n) is 14.2. The number of carboxylic acids is 3. The minimum Gasteiger partial charge on any atom is -0.481 e. The normalized spacial score (nSPS) is 21.2. The molecule has 2 bridgehead atoms. The van der Waals surface area contributed by atoms with Crippen molar-refractivity contribution < 1.29 is 48.9 Å². The number of hydrogen-bond donors (Lipinski definition) is 9. The molecule has 2 heterocycles. The number of fused-ring (bicyclic) bond motifs is 4. The molecule has 392 valence electrons. The third kappa shape index (κ3) is 18.5. The Kier molecular flexibility index (Phi) is 22.1. The first kappa shape index (κ1) is 55.2. The summed E-state index contributed by atoms with van der Waals surface area (Å²) < 4.78 is 0. The van der Waals surface area contributed by atoms with Crippen molar-refractivity contribution >= 4 is 52.4 Å². The number of carbonyl (C=O) groups is 7. The van der Waals surface area contributed by atoms with Crippen molar-refractivity contribution in [1.29, 1.82) is 0 Å². The molecule has 19 heteroatoms. The molecule has 3 aromatic rings. The Morgan fingerprint density at radius 3 is 2.01 bits per heavy atom. The predicted octanol–water partition coefficient (Wildman–Crippen LogP) is 3.26. The second-order valence-corrected chi connectivity index (χ2v) is 19.6. The number of benzene rings is 3. The number of aliphatic carboxylic acids is 3. The number of nitrogens with one attached hydrogen (secondary N) is 6. The SMILES string of the molecule is O=C(O)CCC(NC(=O)NC(CCCCNC(=O)[C@H](Cc1ccc2ccccc2c1)NC(=O)C1CCC(CNC(=O)c2ccc(CN3CCCN4CCNCCCN(CC4)CC3)cc2)CC1)C(=O)O)C(=O)O. The van der Waals surface area contributed by atoms with Crippen LogP contribution in [0, 0.1) is 11.8 Å². The summed E-state index contributed by atoms with van der Waals surface area (Å²) in [5.74, 6) is -4.85. The van der Waals surface area contributed by atoms with Crippen molar-refractivity contribution in [2.75, 3.05) is 78.5 Å². The van der Waals surface area contributed by atoms with E-state index in [1.165, 1.54) is 12.0 Å². The van der Waals surface area contributed by atoms with Crippen molar-refractivity contribution in [3.05, 3.63) is 83.4 Å². The molecule has 0 aromatic heterocycles. The van der Waals surface area contributed by atoms with Gasteiger partial charge in [-0.1, -0.05) is 54.6 Å². The van der Waals surface area contributed by atoms with Crippen LogP contribution in [0.15, 0.2) is 66.7 Å². The van der Waals surface area contributed by atoms with Crippen LogP contribution in [0.2, 0.25) is 0 Å². The number of carboxylic acid groups (broad SMARTS) is 3. The van der Waals surface area contributed by atoms with Crippen molar-refractivity contribution in [2.45, 2.75) is 102 Å². The fourth-order valence-electron chi connectivity index (χ4n) is 9.85. The van der Waals surface area contributed by atoms with Crippen LogP contribution >= 0.6 is 0 Å². The Morgan fingerprint density at radius 2 is 1.29 bits per heavy atom. The summed E-state index contributed by atoms with van der Waals surface area (Å²) >= 11 is 0. The maximum absolute atomic E-state index is 13.8. The molecule has 1 saturated carbocycles. The van der Waals surface area contributed by atoms with Gasteiger partial charge in [-0.3, -0.25) is 24.1 Å². The van der Waals surface area contributed by atoms with Gasteiger partial charge in [0.05, 0.1) is 0 Å². The zero-order chi connectivity index (χ0) is 51.2. The molecule has 3 aliphatic rings. The van der Waals surface area contributed by atoms with Crippen LogP contribution in [0.5, 0.6) is 0 Å². The number of nitrogens with zero attached hydrogens (tertiary/aromatic N) is 3. The van der Waals surface area contributed by atoms with E-state index in [4.69, 9.17) is 5.11 Å². The summed E-state index contributed by atoms with van der Waals surface area (Å²) in [6.45, 7) is 12.3. The van der Waals surface area contributed by atoms with Gasteiger partial charge in [0.1, 0.15) is 18.1 Å². The second-order valence-electron chi connectivity index (χ2n) is 19.6. The van der Waals surface area contributed by atoms with Crippen molar-refractivity contribution in [2.24, 2.45) is 11.8 Å². The fraction of sp³-hybridized carbons (Fsp3) is 0.566. The lowest BCUT2D eigenvalue weighted by atomic mass is 9.81. The highest BCUT2D eigenvalue weighted by Gasteiger charge is 2.31. The summed E-state index contributed by atoms with van der Waals surface area (Å²) in [5, 5.41) is 46.9. The second kappa shape index (κ2) is 28.8. The molecule has 0 radical (unpaired) electrons. The van der Waals surface area contributed by atoms with E-state index >= 15 is 0 Å². The van der Waals surface area contributed by atoms with Gasteiger partial charge in [0.2, 0.25) is 11.8 Å². The first-order valence-corrected chi connectivity index (χ1v) is 25.8. The molecule has 72 heavy (non-hydrogen) atoms. The monoisotopic (exact) mass is 998 g/mol. The first-order chi connectivity index (χ1) is 34.8. The molecule has 3 aromatic carbocycles. The smallest absolute Gasteiger partial charge is 0.326 e. The van der Waals surface area contributed by atoms with Gasteiger partial charge < -0.3 is 57.0 Å². The highest BCUT2D eigenvalue weighted by Crippen LogP contribution is 2.29. The molecule has 19 nitrogen and oxygen atoms in total. The molecule has 2 saturated heterocycles. The summed E-state index contributed by atoms with van der Waals surface area (Å²) in [7, 11) is 0. The number of carbonyl (C=O) groups excluding carboxylic acids is 4. The summed E-state index contributed by atoms with van der Waals surface area (Å²) in [4.78, 5) is 95.3. The maximum atomic E-state index is 13.8. The molecule has 5 amide bonds. The average Bonchev–Trinajstić information content (AvgIpc) is 3.37. The number of urea groups is 1. The maximum Gasteiger partial charge on any atom is 0.326 e. The minimum atomic E-state index is -1.52. The van der Waals surface area contributed by atoms with Gasteiger partial charge in [0.15, 0.2) is 0 Å². The van der Waals surface area contributed by atoms with E-state index in [0.717, 1.165) is 108 Å². The lowest BCUT2D eigenvalue weighted by Gasteiger charge is -2.34. The predicted molar refractivity (Wildman–Crippen MR) is 272 cm³/mol. The Hall–Kier alpha value is -6.15. The Labute approximate surface area is 422 Å². The lowest BCUT2D eigenvalue weighted by molar-refractivity contribution is -0.141. The number of rotatable bonds is 22. The molecular formula is C53H75N9O10. The van der Waals surface area contributed by atoms with E-state index in [1.54, 1.807) is 0 Å². The van der Waals surface area contributed by atoms with E-state index in [0.29, 0.717) is 31.4 Å². The van der Waals surface area contributed by atoms with E-state index in [9.17, 15) is 43.8 Å². The highest BCUT2D eigenvalue weighted by atomic mass is 16.4. The summed E-state index contributed by atoms with van der Waals surface area (Å²) in [6.07, 6.45) is 4.97. The van der Waals surface area contributed by atoms with Gasteiger partial charge in [-0.2, -0.15) is 0 Å². The Bertz CT molecular complexity index is 2270. The van der Waals surface area contributed by atoms with E-state index in [2.05, 4.69) is 58.7 Å². The quantitative estimate of drug-likeness (QED) is 0.0655. The van der Waals surface area contributed by atoms with E-state index in [1.807, 2.05) is 54.6 Å². The molecule has 0 spiro atoms. The number of hydrogen-bond acceptors (Lipinski definition) is 11. The van der Waals surface area contributed by atoms with Gasteiger partial charge >= 0.3 is 23.9 Å². The van der Waals surface area contributed by atoms with Crippen molar-refractivity contribution in [3.63, 3.8) is 0 Å². The van der Waals surface area contributed by atoms with Gasteiger partial charge in [0.25, 0.3) is 5.91 Å². The van der Waals surface area contributed by atoms with Gasteiger partial charge in [-0.05, 0) is 130 Å². The Balaban J connectivity index is 0.947. The Morgan fingerprint density at radius 1 is 0.625 bits per heavy atom. The molecule has 3 fully saturated rings. The standard InChI is InChI=1S/C53H75N9O10/c63-47(64)21-20-45(52(70)71)59-53(72)58-44(51(68)69)9-3-4-23-55-50(67)46(34-39-14-15-40-7-1-2-8-43(40)33-39)57-49(66)42-16-10-37(11-17-42)35-56-48(65)41-18-12-38(13-19-41)36-62-27-6-26-60-28-24-54-22-5-25-61(30-29-60)31-32-62/h1-2,7-8,12-15,18-19,33,37,42,44-46,54H,3-6,9-11,16-17,20-32,34-36H2,(H,55,67)(H,56,65)(H,57,66)(H,63,64)(H,68,69)(H,70,71)(H2,58,59,72)/t37?,42?,44?,45?,46-/m0/s1. The fourth-order valence-corrected chi connectivity index (χ4v) is 9.85. The van der Waals surface area contributed by atoms with E-state index in [-0.39, 0.29) is 55.9 Å². The summed E-state index contributed by atoms with van der Waals surface area (Å²) in [6, 6.07) is 16.9. The van der Waals surface area contributed by atoms with Crippen LogP contribution in [-0.4, -0.2) is 168 Å². The average molecular weight is 998 g/mol. The molecule has 9 N–H and O–H groups in total. The zero-order valence-electron chi connectivity index (χ0n) is 41.5. The lowest BCUT2D eigenvalue weighted by Crippen LogP contribution is -2.51. The van der Waals surface area contributed by atoms with Crippen molar-refractivity contribution in [3.8, 4) is 0 Å². The van der Waals surface area contributed by atoms with Crippen molar-refractivity contribution in [1.82, 2.24) is 46.6 Å². The van der Waals surface area contributed by atoms with Crippen LogP contribution in [-0.2, 0) is 36.9 Å². The topological polar surface area (TPSA) is 262 Å². The largest absolute Gasteiger partial charge is 0.481 e. The molecule has 6 rings (SSSR count). The van der Waals surface area contributed by atoms with Crippen LogP contribution in [0.4, 0.5) is 4.79 Å². The molecular weight excluding hydrogens is 923 g/mol. The zero-order valence-corrected chi connectivity index (χ0v) is 41.5. The van der Waals surface area contributed by atoms with E-state index < -0.39 is 54.4 Å². The van der Waals surface area contributed by atoms with Gasteiger partial charge in [0, 0.05) is 83.2 Å². The minimum absolute atomic E-state index is 0.0294. The molecule has 1 aliphatic carbocycles. The van der Waals surface area contributed by atoms with Crippen LogP contribution in [0.1, 0.15) is 92.1 Å². The number of amides is 5. The molecule has 5 atom stereocenters. The first-order valence-electron chi connectivity index (χ1n) is 25.8. The highest BCUT2D eigenvalue weighted by molar-refractivity contribution is 5.94. The van der Waals surface area contributed by atoms with Crippen LogP contribution < -0.4 is 31.9 Å². The molecule has 4 unspecified atom stereocenters. The number of unbranched alkanes of at least 4 members (excludes halogenated alkanes) is 1. The summed E-state index contributed by atoms with van der Waals surface area (Å²) in [5.41, 5.74) is 2.68. The van der Waals surface area contributed by atoms with Gasteiger partial charge in [-0.25, -0.2) is 14.4 Å².